The highest BCUT2D eigenvalue weighted by Gasteiger charge is 2.22. The van der Waals surface area contributed by atoms with Gasteiger partial charge in [-0.15, -0.1) is 5.10 Å². The molecule has 0 spiro atoms. The van der Waals surface area contributed by atoms with E-state index in [1.807, 2.05) is 0 Å². The highest BCUT2D eigenvalue weighted by molar-refractivity contribution is 5.14. The zero-order valence-electron chi connectivity index (χ0n) is 10.3. The van der Waals surface area contributed by atoms with E-state index in [9.17, 15) is 0 Å². The SMILES string of the molecule is CC(C)c1c(CN)nnn1C1CCCCC1. The van der Waals surface area contributed by atoms with Crippen molar-refractivity contribution in [2.24, 2.45) is 5.73 Å². The number of hydrogen-bond acceptors (Lipinski definition) is 3. The fourth-order valence-corrected chi connectivity index (χ4v) is 2.67. The van der Waals surface area contributed by atoms with E-state index < -0.39 is 0 Å². The van der Waals surface area contributed by atoms with Crippen molar-refractivity contribution in [3.8, 4) is 0 Å². The quantitative estimate of drug-likeness (QED) is 0.854. The monoisotopic (exact) mass is 222 g/mol. The smallest absolute Gasteiger partial charge is 0.0997 e. The van der Waals surface area contributed by atoms with Crippen LogP contribution in [0.4, 0.5) is 0 Å². The van der Waals surface area contributed by atoms with Gasteiger partial charge in [0, 0.05) is 6.54 Å². The van der Waals surface area contributed by atoms with Gasteiger partial charge in [-0.3, -0.25) is 0 Å². The van der Waals surface area contributed by atoms with E-state index >= 15 is 0 Å². The minimum Gasteiger partial charge on any atom is -0.325 e. The van der Waals surface area contributed by atoms with Gasteiger partial charge in [-0.25, -0.2) is 4.68 Å². The normalized spacial score (nSPS) is 18.2. The second-order valence-electron chi connectivity index (χ2n) is 5.02. The van der Waals surface area contributed by atoms with Gasteiger partial charge < -0.3 is 5.73 Å². The van der Waals surface area contributed by atoms with Gasteiger partial charge in [0.15, 0.2) is 0 Å². The van der Waals surface area contributed by atoms with Crippen molar-refractivity contribution in [3.05, 3.63) is 11.4 Å². The first kappa shape index (κ1) is 11.6. The Hall–Kier alpha value is -0.900. The van der Waals surface area contributed by atoms with Crippen molar-refractivity contribution in [1.29, 1.82) is 0 Å². The second-order valence-corrected chi connectivity index (χ2v) is 5.02. The average Bonchev–Trinajstić information content (AvgIpc) is 2.73. The lowest BCUT2D eigenvalue weighted by molar-refractivity contribution is 0.314. The molecule has 1 aromatic heterocycles. The molecule has 0 saturated heterocycles. The summed E-state index contributed by atoms with van der Waals surface area (Å²) in [7, 11) is 0. The summed E-state index contributed by atoms with van der Waals surface area (Å²) in [5.41, 5.74) is 7.93. The van der Waals surface area contributed by atoms with E-state index in [0.717, 1.165) is 5.69 Å². The van der Waals surface area contributed by atoms with Crippen LogP contribution in [0.15, 0.2) is 0 Å². The van der Waals surface area contributed by atoms with Gasteiger partial charge >= 0.3 is 0 Å². The molecule has 16 heavy (non-hydrogen) atoms. The van der Waals surface area contributed by atoms with Gasteiger partial charge in [0.25, 0.3) is 0 Å². The maximum atomic E-state index is 5.72. The molecule has 0 unspecified atom stereocenters. The van der Waals surface area contributed by atoms with Gasteiger partial charge in [0.1, 0.15) is 0 Å². The largest absolute Gasteiger partial charge is 0.325 e. The lowest BCUT2D eigenvalue weighted by atomic mass is 9.94. The van der Waals surface area contributed by atoms with Crippen LogP contribution in [0.5, 0.6) is 0 Å². The molecule has 90 valence electrons. The Bertz CT molecular complexity index is 337. The topological polar surface area (TPSA) is 56.7 Å². The predicted molar refractivity (Wildman–Crippen MR) is 64.1 cm³/mol. The maximum Gasteiger partial charge on any atom is 0.0997 e. The van der Waals surface area contributed by atoms with E-state index in [-0.39, 0.29) is 0 Å². The Labute approximate surface area is 97.2 Å². The standard InChI is InChI=1S/C12H22N4/c1-9(2)12-11(8-13)14-15-16(12)10-6-4-3-5-7-10/h9-10H,3-8,13H2,1-2H3. The zero-order valence-corrected chi connectivity index (χ0v) is 10.3. The van der Waals surface area contributed by atoms with Crippen LogP contribution in [0.25, 0.3) is 0 Å². The average molecular weight is 222 g/mol. The van der Waals surface area contributed by atoms with E-state index in [4.69, 9.17) is 5.73 Å². The lowest BCUT2D eigenvalue weighted by Gasteiger charge is -2.24. The molecule has 4 nitrogen and oxygen atoms in total. The third-order valence-corrected chi connectivity index (χ3v) is 3.47. The summed E-state index contributed by atoms with van der Waals surface area (Å²) in [5, 5.41) is 8.54. The van der Waals surface area contributed by atoms with E-state index in [1.54, 1.807) is 0 Å². The van der Waals surface area contributed by atoms with Crippen LogP contribution in [0, 0.1) is 0 Å². The van der Waals surface area contributed by atoms with Crippen molar-refractivity contribution in [2.75, 3.05) is 0 Å². The minimum atomic E-state index is 0.454. The summed E-state index contributed by atoms with van der Waals surface area (Å²) in [6.07, 6.45) is 6.49. The molecule has 0 atom stereocenters. The Morgan fingerprint density at radius 2 is 2.00 bits per heavy atom. The minimum absolute atomic E-state index is 0.454. The third kappa shape index (κ3) is 2.12. The maximum absolute atomic E-state index is 5.72. The molecule has 0 radical (unpaired) electrons. The second kappa shape index (κ2) is 4.95. The van der Waals surface area contributed by atoms with Gasteiger partial charge in [0.05, 0.1) is 17.4 Å². The third-order valence-electron chi connectivity index (χ3n) is 3.47. The number of hydrogen-bond donors (Lipinski definition) is 1. The molecular weight excluding hydrogens is 200 g/mol. The first-order valence-electron chi connectivity index (χ1n) is 6.38. The molecule has 1 aliphatic rings. The van der Waals surface area contributed by atoms with Crippen LogP contribution in [0.3, 0.4) is 0 Å². The summed E-state index contributed by atoms with van der Waals surface area (Å²) in [6, 6.07) is 0.555. The predicted octanol–water partition coefficient (Wildman–Crippen LogP) is 2.37. The summed E-state index contributed by atoms with van der Waals surface area (Å²) < 4.78 is 2.14. The van der Waals surface area contributed by atoms with Crippen LogP contribution in [-0.2, 0) is 6.54 Å². The van der Waals surface area contributed by atoms with Gasteiger partial charge in [0.2, 0.25) is 0 Å². The van der Waals surface area contributed by atoms with E-state index in [0.29, 0.717) is 18.5 Å². The molecule has 2 N–H and O–H groups in total. The Kier molecular flexibility index (Phi) is 3.59. The number of nitrogens with zero attached hydrogens (tertiary/aromatic N) is 3. The highest BCUT2D eigenvalue weighted by Crippen LogP contribution is 2.31. The molecule has 1 heterocycles. The number of rotatable bonds is 3. The summed E-state index contributed by atoms with van der Waals surface area (Å²) in [6.45, 7) is 4.88. The first-order chi connectivity index (χ1) is 7.74. The van der Waals surface area contributed by atoms with Gasteiger partial charge in [-0.05, 0) is 18.8 Å². The van der Waals surface area contributed by atoms with Crippen LogP contribution in [0.2, 0.25) is 0 Å². The van der Waals surface area contributed by atoms with E-state index in [1.165, 1.54) is 37.8 Å². The van der Waals surface area contributed by atoms with E-state index in [2.05, 4.69) is 28.8 Å². The molecule has 1 aromatic rings. The first-order valence-corrected chi connectivity index (χ1v) is 6.38. The highest BCUT2D eigenvalue weighted by atomic mass is 15.4. The Morgan fingerprint density at radius 3 is 2.56 bits per heavy atom. The molecular formula is C12H22N4. The molecule has 0 aromatic carbocycles. The van der Waals surface area contributed by atoms with Crippen LogP contribution in [-0.4, -0.2) is 15.0 Å². The van der Waals surface area contributed by atoms with Crippen molar-refractivity contribution < 1.29 is 0 Å². The molecule has 0 amide bonds. The van der Waals surface area contributed by atoms with Crippen LogP contribution in [0.1, 0.15) is 69.3 Å². The summed E-state index contributed by atoms with van der Waals surface area (Å²) >= 11 is 0. The van der Waals surface area contributed by atoms with Crippen LogP contribution < -0.4 is 5.73 Å². The van der Waals surface area contributed by atoms with Crippen LogP contribution >= 0.6 is 0 Å². The summed E-state index contributed by atoms with van der Waals surface area (Å²) in [5.74, 6) is 0.454. The van der Waals surface area contributed by atoms with Gasteiger partial charge in [-0.2, -0.15) is 0 Å². The number of nitrogens with two attached hydrogens (primary N) is 1. The number of aromatic nitrogens is 3. The van der Waals surface area contributed by atoms with Crippen molar-refractivity contribution >= 4 is 0 Å². The van der Waals surface area contributed by atoms with Crippen molar-refractivity contribution in [3.63, 3.8) is 0 Å². The van der Waals surface area contributed by atoms with Gasteiger partial charge in [-0.1, -0.05) is 38.3 Å². The molecule has 0 aliphatic heterocycles. The molecule has 2 rings (SSSR count). The Balaban J connectivity index is 2.28. The Morgan fingerprint density at radius 1 is 1.31 bits per heavy atom. The molecule has 1 saturated carbocycles. The van der Waals surface area contributed by atoms with Crippen molar-refractivity contribution in [2.45, 2.75) is 64.5 Å². The molecule has 1 aliphatic carbocycles. The summed E-state index contributed by atoms with van der Waals surface area (Å²) in [4.78, 5) is 0. The fraction of sp³-hybridized carbons (Fsp3) is 0.833. The molecule has 0 bridgehead atoms. The fourth-order valence-electron chi connectivity index (χ4n) is 2.67. The lowest BCUT2D eigenvalue weighted by Crippen LogP contribution is -2.18. The molecule has 4 heteroatoms. The zero-order chi connectivity index (χ0) is 11.5. The molecule has 1 fully saturated rings. The van der Waals surface area contributed by atoms with Crippen molar-refractivity contribution in [1.82, 2.24) is 15.0 Å².